The molecule has 0 bridgehead atoms. The molecule has 1 saturated heterocycles. The minimum Gasteiger partial charge on any atom is -0.507 e. The van der Waals surface area contributed by atoms with E-state index in [0.29, 0.717) is 35.7 Å². The fourth-order valence-corrected chi connectivity index (χ4v) is 4.65. The number of ether oxygens (including phenoxy) is 2. The maximum Gasteiger partial charge on any atom is 0.308 e. The number of hydrogen-bond donors (Lipinski definition) is 1. The van der Waals surface area contributed by atoms with Crippen LogP contribution in [0.15, 0.2) is 48.0 Å². The monoisotopic (exact) mass is 508 g/mol. The SMILES string of the molecule is CCN(CC)CCN1C(=O)C(=O)/C(=C(/O)c2ccc(OC)c(C(C)C)c2)C1c1cccc(OC(C)=O)c1. The van der Waals surface area contributed by atoms with Crippen LogP contribution in [0.25, 0.3) is 5.76 Å². The van der Waals surface area contributed by atoms with Gasteiger partial charge in [-0.2, -0.15) is 0 Å². The summed E-state index contributed by atoms with van der Waals surface area (Å²) in [5, 5.41) is 11.5. The molecule has 1 amide bonds. The predicted molar refractivity (Wildman–Crippen MR) is 142 cm³/mol. The van der Waals surface area contributed by atoms with Crippen LogP contribution in [0, 0.1) is 0 Å². The lowest BCUT2D eigenvalue weighted by atomic mass is 9.93. The molecular formula is C29H36N2O6. The molecule has 1 fully saturated rings. The molecule has 8 nitrogen and oxygen atoms in total. The van der Waals surface area contributed by atoms with Crippen molar-refractivity contribution in [1.29, 1.82) is 0 Å². The first-order valence-electron chi connectivity index (χ1n) is 12.6. The Hall–Kier alpha value is -3.65. The molecule has 1 N–H and O–H groups in total. The van der Waals surface area contributed by atoms with Crippen LogP contribution in [0.2, 0.25) is 0 Å². The summed E-state index contributed by atoms with van der Waals surface area (Å²) in [7, 11) is 1.58. The fourth-order valence-electron chi connectivity index (χ4n) is 4.65. The van der Waals surface area contributed by atoms with Crippen LogP contribution in [0.3, 0.4) is 0 Å². The van der Waals surface area contributed by atoms with Crippen molar-refractivity contribution in [2.45, 2.75) is 46.6 Å². The van der Waals surface area contributed by atoms with E-state index in [1.807, 2.05) is 27.7 Å². The number of nitrogens with zero attached hydrogens (tertiary/aromatic N) is 2. The number of methoxy groups -OCH3 is 1. The summed E-state index contributed by atoms with van der Waals surface area (Å²) in [5.41, 5.74) is 1.86. The third kappa shape index (κ3) is 6.02. The Bertz CT molecular complexity index is 1200. The number of hydrogen-bond acceptors (Lipinski definition) is 7. The van der Waals surface area contributed by atoms with Crippen molar-refractivity contribution in [2.75, 3.05) is 33.3 Å². The fraction of sp³-hybridized carbons (Fsp3) is 0.414. The van der Waals surface area contributed by atoms with Gasteiger partial charge in [0.2, 0.25) is 0 Å². The molecule has 1 atom stereocenters. The first-order chi connectivity index (χ1) is 17.6. The normalized spacial score (nSPS) is 17.1. The molecular weight excluding hydrogens is 472 g/mol. The second-order valence-electron chi connectivity index (χ2n) is 9.30. The highest BCUT2D eigenvalue weighted by Gasteiger charge is 2.46. The number of likely N-dealkylation sites (N-methyl/N-ethyl adjacent to an activating group) is 1. The van der Waals surface area contributed by atoms with Gasteiger partial charge >= 0.3 is 5.97 Å². The molecule has 1 aliphatic rings. The van der Waals surface area contributed by atoms with E-state index >= 15 is 0 Å². The van der Waals surface area contributed by atoms with E-state index in [9.17, 15) is 19.5 Å². The largest absolute Gasteiger partial charge is 0.507 e. The Morgan fingerprint density at radius 1 is 1.11 bits per heavy atom. The van der Waals surface area contributed by atoms with Gasteiger partial charge in [-0.25, -0.2) is 0 Å². The van der Waals surface area contributed by atoms with Crippen LogP contribution in [0.1, 0.15) is 63.3 Å². The molecule has 3 rings (SSSR count). The van der Waals surface area contributed by atoms with Gasteiger partial charge in [-0.05, 0) is 60.5 Å². The van der Waals surface area contributed by atoms with Gasteiger partial charge in [-0.3, -0.25) is 14.4 Å². The summed E-state index contributed by atoms with van der Waals surface area (Å²) in [4.78, 5) is 41.8. The van der Waals surface area contributed by atoms with Crippen molar-refractivity contribution in [1.82, 2.24) is 9.80 Å². The standard InChI is InChI=1S/C29H36N2O6/c1-7-30(8-2)14-15-31-26(20-10-9-11-22(16-20)37-19(5)32)25(28(34)29(31)35)27(33)21-12-13-24(36-6)23(17-21)18(3)4/h9-13,16-18,26,33H,7-8,14-15H2,1-6H3/b27-25+. The quantitative estimate of drug-likeness (QED) is 0.166. The number of amides is 1. The average Bonchev–Trinajstić information content (AvgIpc) is 3.13. The Kier molecular flexibility index (Phi) is 9.10. The summed E-state index contributed by atoms with van der Waals surface area (Å²) in [6.07, 6.45) is 0. The zero-order valence-corrected chi connectivity index (χ0v) is 22.4. The lowest BCUT2D eigenvalue weighted by Crippen LogP contribution is -2.38. The number of likely N-dealkylation sites (tertiary alicyclic amines) is 1. The van der Waals surface area contributed by atoms with Gasteiger partial charge in [0, 0.05) is 25.6 Å². The number of ketones is 1. The minimum absolute atomic E-state index is 0.00407. The molecule has 2 aromatic carbocycles. The molecule has 0 aromatic heterocycles. The highest BCUT2D eigenvalue weighted by Crippen LogP contribution is 2.41. The number of aliphatic hydroxyl groups is 1. The molecule has 2 aromatic rings. The smallest absolute Gasteiger partial charge is 0.308 e. The number of benzene rings is 2. The molecule has 0 aliphatic carbocycles. The van der Waals surface area contributed by atoms with Crippen molar-refractivity contribution in [3.8, 4) is 11.5 Å². The van der Waals surface area contributed by atoms with Gasteiger partial charge in [-0.15, -0.1) is 0 Å². The molecule has 1 unspecified atom stereocenters. The molecule has 37 heavy (non-hydrogen) atoms. The van der Waals surface area contributed by atoms with Gasteiger partial charge in [0.15, 0.2) is 0 Å². The zero-order chi connectivity index (χ0) is 27.3. The third-order valence-electron chi connectivity index (χ3n) is 6.65. The highest BCUT2D eigenvalue weighted by molar-refractivity contribution is 6.46. The van der Waals surface area contributed by atoms with Crippen molar-refractivity contribution in [3.63, 3.8) is 0 Å². The molecule has 0 radical (unpaired) electrons. The van der Waals surface area contributed by atoms with Crippen molar-refractivity contribution in [3.05, 3.63) is 64.7 Å². The second kappa shape index (κ2) is 12.1. The summed E-state index contributed by atoms with van der Waals surface area (Å²) in [6, 6.07) is 11.1. The molecule has 1 aliphatic heterocycles. The first kappa shape index (κ1) is 27.9. The van der Waals surface area contributed by atoms with E-state index in [-0.39, 0.29) is 17.3 Å². The van der Waals surface area contributed by atoms with E-state index < -0.39 is 23.7 Å². The van der Waals surface area contributed by atoms with E-state index in [1.54, 1.807) is 49.6 Å². The van der Waals surface area contributed by atoms with Crippen LogP contribution in [0.5, 0.6) is 11.5 Å². The van der Waals surface area contributed by atoms with Crippen LogP contribution >= 0.6 is 0 Å². The van der Waals surface area contributed by atoms with E-state index in [1.165, 1.54) is 11.8 Å². The van der Waals surface area contributed by atoms with Crippen LogP contribution in [-0.2, 0) is 14.4 Å². The Morgan fingerprint density at radius 3 is 2.41 bits per heavy atom. The summed E-state index contributed by atoms with van der Waals surface area (Å²) in [5.74, 6) is -1.07. The predicted octanol–water partition coefficient (Wildman–Crippen LogP) is 4.51. The molecule has 8 heteroatoms. The van der Waals surface area contributed by atoms with E-state index in [4.69, 9.17) is 9.47 Å². The Labute approximate surface area is 218 Å². The lowest BCUT2D eigenvalue weighted by molar-refractivity contribution is -0.140. The lowest BCUT2D eigenvalue weighted by Gasteiger charge is -2.28. The summed E-state index contributed by atoms with van der Waals surface area (Å²) < 4.78 is 10.7. The first-order valence-corrected chi connectivity index (χ1v) is 12.6. The molecule has 1 heterocycles. The Balaban J connectivity index is 2.17. The van der Waals surface area contributed by atoms with E-state index in [0.717, 1.165) is 18.7 Å². The van der Waals surface area contributed by atoms with E-state index in [2.05, 4.69) is 4.90 Å². The maximum absolute atomic E-state index is 13.4. The third-order valence-corrected chi connectivity index (χ3v) is 6.65. The second-order valence-corrected chi connectivity index (χ2v) is 9.30. The van der Waals surface area contributed by atoms with Crippen LogP contribution in [-0.4, -0.2) is 65.9 Å². The van der Waals surface area contributed by atoms with Crippen molar-refractivity contribution in [2.24, 2.45) is 0 Å². The summed E-state index contributed by atoms with van der Waals surface area (Å²) in [6.45, 7) is 11.9. The number of aliphatic hydroxyl groups excluding tert-OH is 1. The number of Topliss-reactive ketones (excluding diaryl/α,β-unsaturated/α-hetero) is 1. The molecule has 0 spiro atoms. The number of carbonyl (C=O) groups excluding carboxylic acids is 3. The van der Waals surface area contributed by atoms with Crippen molar-refractivity contribution >= 4 is 23.4 Å². The minimum atomic E-state index is -0.837. The maximum atomic E-state index is 13.4. The molecule has 0 saturated carbocycles. The van der Waals surface area contributed by atoms with Gasteiger partial charge in [0.25, 0.3) is 11.7 Å². The van der Waals surface area contributed by atoms with Gasteiger partial charge in [0.1, 0.15) is 17.3 Å². The van der Waals surface area contributed by atoms with Crippen LogP contribution < -0.4 is 9.47 Å². The summed E-state index contributed by atoms with van der Waals surface area (Å²) >= 11 is 0. The highest BCUT2D eigenvalue weighted by atomic mass is 16.5. The van der Waals surface area contributed by atoms with Gasteiger partial charge in [0.05, 0.1) is 18.7 Å². The van der Waals surface area contributed by atoms with Crippen LogP contribution in [0.4, 0.5) is 0 Å². The van der Waals surface area contributed by atoms with Crippen molar-refractivity contribution < 1.29 is 29.0 Å². The molecule has 198 valence electrons. The van der Waals surface area contributed by atoms with Gasteiger partial charge < -0.3 is 24.4 Å². The number of carbonyl (C=O) groups is 3. The Morgan fingerprint density at radius 2 is 1.81 bits per heavy atom. The number of esters is 1. The van der Waals surface area contributed by atoms with Gasteiger partial charge in [-0.1, -0.05) is 39.8 Å². The average molecular weight is 509 g/mol. The topological polar surface area (TPSA) is 96.4 Å². The number of rotatable bonds is 10. The zero-order valence-electron chi connectivity index (χ0n) is 22.4.